The number of nitrogens with zero attached hydrogens (tertiary/aromatic N) is 2. The summed E-state index contributed by atoms with van der Waals surface area (Å²) in [4.78, 5) is 27.5. The Morgan fingerprint density at radius 3 is 2.34 bits per heavy atom. The van der Waals surface area contributed by atoms with Crippen molar-refractivity contribution >= 4 is 22.0 Å². The summed E-state index contributed by atoms with van der Waals surface area (Å²) >= 11 is 0. The third kappa shape index (κ3) is 6.33. The van der Waals surface area contributed by atoms with Crippen molar-refractivity contribution in [3.05, 3.63) is 23.8 Å². The van der Waals surface area contributed by atoms with Gasteiger partial charge in [0.25, 0.3) is 5.91 Å². The predicted molar refractivity (Wildman–Crippen MR) is 107 cm³/mol. The van der Waals surface area contributed by atoms with Crippen molar-refractivity contribution in [1.29, 1.82) is 0 Å². The lowest BCUT2D eigenvalue weighted by atomic mass is 10.2. The van der Waals surface area contributed by atoms with Crippen molar-refractivity contribution < 1.29 is 27.5 Å². The lowest BCUT2D eigenvalue weighted by Crippen LogP contribution is -2.51. The van der Waals surface area contributed by atoms with Gasteiger partial charge >= 0.3 is 6.09 Å². The molecule has 29 heavy (non-hydrogen) atoms. The van der Waals surface area contributed by atoms with Gasteiger partial charge in [0.15, 0.2) is 6.61 Å². The summed E-state index contributed by atoms with van der Waals surface area (Å²) < 4.78 is 37.5. The molecule has 0 atom stereocenters. The van der Waals surface area contributed by atoms with Gasteiger partial charge in [0.1, 0.15) is 5.75 Å². The summed E-state index contributed by atoms with van der Waals surface area (Å²) in [6.45, 7) is 7.58. The van der Waals surface area contributed by atoms with E-state index in [2.05, 4.69) is 4.72 Å². The first-order valence-corrected chi connectivity index (χ1v) is 11.2. The number of hydrogen-bond acceptors (Lipinski definition) is 6. The van der Waals surface area contributed by atoms with E-state index < -0.39 is 10.0 Å². The highest BCUT2D eigenvalue weighted by Crippen LogP contribution is 2.22. The molecule has 9 nitrogen and oxygen atoms in total. The molecule has 10 heteroatoms. The van der Waals surface area contributed by atoms with Crippen molar-refractivity contribution in [2.24, 2.45) is 0 Å². The zero-order valence-electron chi connectivity index (χ0n) is 17.1. The molecule has 0 bridgehead atoms. The summed E-state index contributed by atoms with van der Waals surface area (Å²) in [5.41, 5.74) is 0.629. The quantitative estimate of drug-likeness (QED) is 0.672. The fraction of sp³-hybridized carbons (Fsp3) is 0.579. The van der Waals surface area contributed by atoms with Gasteiger partial charge in [-0.15, -0.1) is 0 Å². The van der Waals surface area contributed by atoms with Crippen molar-refractivity contribution in [3.8, 4) is 5.75 Å². The molecule has 1 aromatic carbocycles. The number of benzene rings is 1. The van der Waals surface area contributed by atoms with E-state index in [1.54, 1.807) is 29.7 Å². The number of sulfonamides is 1. The third-order valence-electron chi connectivity index (χ3n) is 4.51. The Morgan fingerprint density at radius 2 is 1.76 bits per heavy atom. The zero-order chi connectivity index (χ0) is 21.4. The second-order valence-electron chi connectivity index (χ2n) is 6.68. The molecular weight excluding hydrogens is 398 g/mol. The van der Waals surface area contributed by atoms with E-state index in [0.717, 1.165) is 0 Å². The van der Waals surface area contributed by atoms with Crippen LogP contribution >= 0.6 is 0 Å². The van der Waals surface area contributed by atoms with Gasteiger partial charge in [0.05, 0.1) is 11.5 Å². The van der Waals surface area contributed by atoms with Crippen LogP contribution in [0.4, 0.5) is 4.79 Å². The summed E-state index contributed by atoms with van der Waals surface area (Å²) in [6.07, 6.45) is 0.338. The van der Waals surface area contributed by atoms with E-state index in [0.29, 0.717) is 57.1 Å². The molecule has 1 saturated heterocycles. The minimum atomic E-state index is -3.55. The molecule has 0 aromatic heterocycles. The topological polar surface area (TPSA) is 105 Å². The van der Waals surface area contributed by atoms with E-state index in [1.165, 1.54) is 12.1 Å². The SMILES string of the molecule is CCCNS(=O)(=O)c1ccc(OCC(=O)N2CCN(C(=O)OCC)CC2)c(C)c1. The Kier molecular flexibility index (Phi) is 8.27. The van der Waals surface area contributed by atoms with Gasteiger partial charge in [-0.05, 0) is 44.0 Å². The smallest absolute Gasteiger partial charge is 0.409 e. The highest BCUT2D eigenvalue weighted by molar-refractivity contribution is 7.89. The number of carbonyl (C=O) groups excluding carboxylic acids is 2. The number of rotatable bonds is 8. The summed E-state index contributed by atoms with van der Waals surface area (Å²) in [5.74, 6) is 0.271. The number of piperazine rings is 1. The molecule has 0 unspecified atom stereocenters. The fourth-order valence-corrected chi connectivity index (χ4v) is 4.07. The van der Waals surface area contributed by atoms with E-state index in [4.69, 9.17) is 9.47 Å². The monoisotopic (exact) mass is 427 g/mol. The second kappa shape index (κ2) is 10.4. The lowest BCUT2D eigenvalue weighted by molar-refractivity contribution is -0.134. The summed E-state index contributed by atoms with van der Waals surface area (Å²) in [5, 5.41) is 0. The maximum absolute atomic E-state index is 12.4. The number of carbonyl (C=O) groups is 2. The molecule has 1 N–H and O–H groups in total. The molecule has 162 valence electrons. The van der Waals surface area contributed by atoms with Crippen molar-refractivity contribution in [1.82, 2.24) is 14.5 Å². The standard InChI is InChI=1S/C19H29N3O6S/c1-4-8-20-29(25,26)16-6-7-17(15(3)13-16)28-14-18(23)21-9-11-22(12-10-21)19(24)27-5-2/h6-7,13,20H,4-5,8-12,14H2,1-3H3. The largest absolute Gasteiger partial charge is 0.483 e. The minimum absolute atomic E-state index is 0.152. The zero-order valence-corrected chi connectivity index (χ0v) is 18.0. The number of amides is 2. The van der Waals surface area contributed by atoms with Crippen LogP contribution in [0.5, 0.6) is 5.75 Å². The normalized spacial score (nSPS) is 14.6. The Balaban J connectivity index is 1.88. The van der Waals surface area contributed by atoms with E-state index in [1.807, 2.05) is 6.92 Å². The molecule has 1 aromatic rings. The lowest BCUT2D eigenvalue weighted by Gasteiger charge is -2.34. The van der Waals surface area contributed by atoms with Gasteiger partial charge in [-0.1, -0.05) is 6.92 Å². The molecular formula is C19H29N3O6S. The Bertz CT molecular complexity index is 819. The van der Waals surface area contributed by atoms with Crippen LogP contribution in [0.3, 0.4) is 0 Å². The Morgan fingerprint density at radius 1 is 1.10 bits per heavy atom. The highest BCUT2D eigenvalue weighted by atomic mass is 32.2. The van der Waals surface area contributed by atoms with Gasteiger partial charge in [-0.3, -0.25) is 4.79 Å². The number of aryl methyl sites for hydroxylation is 1. The molecule has 0 spiro atoms. The molecule has 1 aliphatic rings. The third-order valence-corrected chi connectivity index (χ3v) is 5.97. The van der Waals surface area contributed by atoms with Crippen LogP contribution < -0.4 is 9.46 Å². The molecule has 0 aliphatic carbocycles. The van der Waals surface area contributed by atoms with Gasteiger partial charge in [-0.25, -0.2) is 17.9 Å². The van der Waals surface area contributed by atoms with Crippen LogP contribution in [-0.2, 0) is 19.6 Å². The fourth-order valence-electron chi connectivity index (χ4n) is 2.85. The van der Waals surface area contributed by atoms with Crippen LogP contribution in [0.15, 0.2) is 23.1 Å². The number of hydrogen-bond donors (Lipinski definition) is 1. The molecule has 2 amide bonds. The maximum atomic E-state index is 12.4. The first kappa shape index (κ1) is 23.0. The average Bonchev–Trinajstić information content (AvgIpc) is 2.71. The number of ether oxygens (including phenoxy) is 2. The van der Waals surface area contributed by atoms with Gasteiger partial charge < -0.3 is 19.3 Å². The van der Waals surface area contributed by atoms with E-state index >= 15 is 0 Å². The predicted octanol–water partition coefficient (Wildman–Crippen LogP) is 1.36. The van der Waals surface area contributed by atoms with E-state index in [9.17, 15) is 18.0 Å². The Hall–Kier alpha value is -2.33. The van der Waals surface area contributed by atoms with Crippen LogP contribution in [0, 0.1) is 6.92 Å². The molecule has 0 radical (unpaired) electrons. The highest BCUT2D eigenvalue weighted by Gasteiger charge is 2.25. The molecule has 0 saturated carbocycles. The maximum Gasteiger partial charge on any atom is 0.409 e. The molecule has 1 aliphatic heterocycles. The van der Waals surface area contributed by atoms with Gasteiger partial charge in [-0.2, -0.15) is 0 Å². The van der Waals surface area contributed by atoms with Crippen LogP contribution in [0.1, 0.15) is 25.8 Å². The molecule has 1 heterocycles. The van der Waals surface area contributed by atoms with Crippen LogP contribution in [-0.4, -0.2) is 76.2 Å². The summed E-state index contributed by atoms with van der Waals surface area (Å²) in [7, 11) is -3.55. The second-order valence-corrected chi connectivity index (χ2v) is 8.45. The van der Waals surface area contributed by atoms with Crippen LogP contribution in [0.25, 0.3) is 0 Å². The summed E-state index contributed by atoms with van der Waals surface area (Å²) in [6, 6.07) is 4.54. The molecule has 1 fully saturated rings. The average molecular weight is 428 g/mol. The number of nitrogens with one attached hydrogen (secondary N) is 1. The van der Waals surface area contributed by atoms with Crippen molar-refractivity contribution in [3.63, 3.8) is 0 Å². The Labute approximate surface area is 172 Å². The van der Waals surface area contributed by atoms with Gasteiger partial charge in [0, 0.05) is 32.7 Å². The first-order chi connectivity index (χ1) is 13.8. The van der Waals surface area contributed by atoms with Crippen molar-refractivity contribution in [2.45, 2.75) is 32.1 Å². The van der Waals surface area contributed by atoms with Gasteiger partial charge in [0.2, 0.25) is 10.0 Å². The minimum Gasteiger partial charge on any atom is -0.483 e. The first-order valence-electron chi connectivity index (χ1n) is 9.71. The van der Waals surface area contributed by atoms with E-state index in [-0.39, 0.29) is 23.5 Å². The van der Waals surface area contributed by atoms with Crippen LogP contribution in [0.2, 0.25) is 0 Å². The van der Waals surface area contributed by atoms with Crippen molar-refractivity contribution in [2.75, 3.05) is 45.9 Å². The molecule has 2 rings (SSSR count).